The molecule has 19 heavy (non-hydrogen) atoms. The molecule has 0 amide bonds. The second-order valence-corrected chi connectivity index (χ2v) is 5.40. The van der Waals surface area contributed by atoms with Crippen molar-refractivity contribution < 1.29 is 0 Å². The largest absolute Gasteiger partial charge is 0.384 e. The van der Waals surface area contributed by atoms with Gasteiger partial charge in [-0.05, 0) is 24.8 Å². The third-order valence-corrected chi connectivity index (χ3v) is 3.73. The lowest BCUT2D eigenvalue weighted by atomic mass is 10.2. The molecule has 3 heteroatoms. The minimum atomic E-state index is 0.636. The van der Waals surface area contributed by atoms with E-state index in [4.69, 9.17) is 10.7 Å². The summed E-state index contributed by atoms with van der Waals surface area (Å²) in [7, 11) is 0. The van der Waals surface area contributed by atoms with Crippen LogP contribution >= 0.6 is 0 Å². The van der Waals surface area contributed by atoms with E-state index in [0.717, 1.165) is 30.9 Å². The van der Waals surface area contributed by atoms with Gasteiger partial charge in [0.25, 0.3) is 0 Å². The third-order valence-electron chi connectivity index (χ3n) is 3.73. The Kier molecular flexibility index (Phi) is 3.28. The van der Waals surface area contributed by atoms with Crippen LogP contribution in [0.1, 0.15) is 49.2 Å². The van der Waals surface area contributed by atoms with Gasteiger partial charge in [-0.2, -0.15) is 0 Å². The first-order chi connectivity index (χ1) is 9.29. The molecular formula is C16H21N3. The number of nitrogens with two attached hydrogens (primary N) is 1. The molecule has 1 aromatic heterocycles. The van der Waals surface area contributed by atoms with Gasteiger partial charge in [0.2, 0.25) is 0 Å². The molecule has 0 radical (unpaired) electrons. The SMILES string of the molecule is CCCc1nc(C2CC2)n(Cc2ccccc2)c1N. The molecule has 3 nitrogen and oxygen atoms in total. The fourth-order valence-electron chi connectivity index (χ4n) is 2.54. The quantitative estimate of drug-likeness (QED) is 0.890. The van der Waals surface area contributed by atoms with Gasteiger partial charge in [-0.15, -0.1) is 0 Å². The van der Waals surface area contributed by atoms with E-state index in [1.807, 2.05) is 6.07 Å². The standard InChI is InChI=1S/C16H21N3/c1-2-6-14-15(17)19(16(18-14)13-9-10-13)11-12-7-4-3-5-8-12/h3-5,7-8,13H,2,6,9-11,17H2,1H3. The molecule has 3 rings (SSSR count). The predicted molar refractivity (Wildman–Crippen MR) is 78.2 cm³/mol. The summed E-state index contributed by atoms with van der Waals surface area (Å²) in [6.45, 7) is 3.02. The van der Waals surface area contributed by atoms with E-state index < -0.39 is 0 Å². The monoisotopic (exact) mass is 255 g/mol. The highest BCUT2D eigenvalue weighted by atomic mass is 15.1. The Morgan fingerprint density at radius 1 is 1.26 bits per heavy atom. The van der Waals surface area contributed by atoms with Crippen LogP contribution in [0.5, 0.6) is 0 Å². The number of aryl methyl sites for hydroxylation is 1. The van der Waals surface area contributed by atoms with E-state index in [1.54, 1.807) is 0 Å². The predicted octanol–water partition coefficient (Wildman–Crippen LogP) is 3.34. The topological polar surface area (TPSA) is 43.8 Å². The second kappa shape index (κ2) is 5.08. The van der Waals surface area contributed by atoms with Gasteiger partial charge in [0.15, 0.2) is 0 Å². The van der Waals surface area contributed by atoms with Crippen molar-refractivity contribution in [3.63, 3.8) is 0 Å². The normalized spacial score (nSPS) is 14.8. The highest BCUT2D eigenvalue weighted by Gasteiger charge is 2.30. The summed E-state index contributed by atoms with van der Waals surface area (Å²) in [4.78, 5) is 4.80. The third kappa shape index (κ3) is 2.50. The second-order valence-electron chi connectivity index (χ2n) is 5.40. The van der Waals surface area contributed by atoms with Crippen molar-refractivity contribution in [2.75, 3.05) is 5.73 Å². The summed E-state index contributed by atoms with van der Waals surface area (Å²) in [5.74, 6) is 2.70. The van der Waals surface area contributed by atoms with Crippen LogP contribution in [0.15, 0.2) is 30.3 Å². The smallest absolute Gasteiger partial charge is 0.127 e. The Labute approximate surface area is 114 Å². The molecular weight excluding hydrogens is 234 g/mol. The van der Waals surface area contributed by atoms with Gasteiger partial charge < -0.3 is 10.3 Å². The molecule has 100 valence electrons. The van der Waals surface area contributed by atoms with Crippen molar-refractivity contribution in [2.24, 2.45) is 0 Å². The molecule has 0 spiro atoms. The Morgan fingerprint density at radius 2 is 2.00 bits per heavy atom. The molecule has 1 fully saturated rings. The van der Waals surface area contributed by atoms with Crippen molar-refractivity contribution >= 4 is 5.82 Å². The van der Waals surface area contributed by atoms with Crippen LogP contribution in [0.25, 0.3) is 0 Å². The highest BCUT2D eigenvalue weighted by Crippen LogP contribution is 2.41. The number of aromatic nitrogens is 2. The van der Waals surface area contributed by atoms with E-state index in [-0.39, 0.29) is 0 Å². The summed E-state index contributed by atoms with van der Waals surface area (Å²) in [5.41, 5.74) is 8.68. The summed E-state index contributed by atoms with van der Waals surface area (Å²) in [5, 5.41) is 0. The lowest BCUT2D eigenvalue weighted by Gasteiger charge is -2.09. The fourth-order valence-corrected chi connectivity index (χ4v) is 2.54. The van der Waals surface area contributed by atoms with E-state index in [2.05, 4.69) is 35.8 Å². The average molecular weight is 255 g/mol. The lowest BCUT2D eigenvalue weighted by Crippen LogP contribution is -2.08. The van der Waals surface area contributed by atoms with Crippen molar-refractivity contribution in [3.8, 4) is 0 Å². The van der Waals surface area contributed by atoms with Crippen LogP contribution < -0.4 is 5.73 Å². The number of rotatable bonds is 5. The summed E-state index contributed by atoms with van der Waals surface area (Å²) >= 11 is 0. The van der Waals surface area contributed by atoms with Gasteiger partial charge in [-0.1, -0.05) is 43.7 Å². The molecule has 0 atom stereocenters. The van der Waals surface area contributed by atoms with Crippen LogP contribution in [0.3, 0.4) is 0 Å². The highest BCUT2D eigenvalue weighted by molar-refractivity contribution is 5.41. The first-order valence-corrected chi connectivity index (χ1v) is 7.18. The first kappa shape index (κ1) is 12.3. The first-order valence-electron chi connectivity index (χ1n) is 7.18. The van der Waals surface area contributed by atoms with Crippen molar-refractivity contribution in [3.05, 3.63) is 47.4 Å². The minimum Gasteiger partial charge on any atom is -0.384 e. The number of imidazole rings is 1. The van der Waals surface area contributed by atoms with Gasteiger partial charge >= 0.3 is 0 Å². The Morgan fingerprint density at radius 3 is 2.63 bits per heavy atom. The number of hydrogen-bond donors (Lipinski definition) is 1. The molecule has 1 aliphatic rings. The van der Waals surface area contributed by atoms with Crippen LogP contribution in [-0.4, -0.2) is 9.55 Å². The lowest BCUT2D eigenvalue weighted by molar-refractivity contribution is 0.734. The minimum absolute atomic E-state index is 0.636. The number of anilines is 1. The molecule has 1 heterocycles. The molecule has 1 saturated carbocycles. The molecule has 0 bridgehead atoms. The molecule has 1 aromatic carbocycles. The number of nitrogens with zero attached hydrogens (tertiary/aromatic N) is 2. The fraction of sp³-hybridized carbons (Fsp3) is 0.438. The maximum absolute atomic E-state index is 6.30. The Bertz CT molecular complexity index is 553. The summed E-state index contributed by atoms with van der Waals surface area (Å²) < 4.78 is 2.22. The molecule has 0 saturated heterocycles. The maximum Gasteiger partial charge on any atom is 0.127 e. The van der Waals surface area contributed by atoms with Gasteiger partial charge in [0, 0.05) is 5.92 Å². The maximum atomic E-state index is 6.30. The van der Waals surface area contributed by atoms with Crippen molar-refractivity contribution in [1.82, 2.24) is 9.55 Å². The average Bonchev–Trinajstić information content (AvgIpc) is 3.22. The van der Waals surface area contributed by atoms with Crippen molar-refractivity contribution in [2.45, 2.75) is 45.1 Å². The van der Waals surface area contributed by atoms with Crippen molar-refractivity contribution in [1.29, 1.82) is 0 Å². The van der Waals surface area contributed by atoms with Gasteiger partial charge in [0.1, 0.15) is 11.6 Å². The number of nitrogen functional groups attached to an aromatic ring is 1. The molecule has 1 aliphatic carbocycles. The van der Waals surface area contributed by atoms with Gasteiger partial charge in [-0.3, -0.25) is 0 Å². The van der Waals surface area contributed by atoms with E-state index in [9.17, 15) is 0 Å². The van der Waals surface area contributed by atoms with E-state index in [0.29, 0.717) is 5.92 Å². The number of hydrogen-bond acceptors (Lipinski definition) is 2. The van der Waals surface area contributed by atoms with Crippen LogP contribution in [0.4, 0.5) is 5.82 Å². The van der Waals surface area contributed by atoms with E-state index >= 15 is 0 Å². The Balaban J connectivity index is 1.94. The molecule has 0 unspecified atom stereocenters. The zero-order chi connectivity index (χ0) is 13.2. The van der Waals surface area contributed by atoms with Crippen LogP contribution in [0, 0.1) is 0 Å². The summed E-state index contributed by atoms with van der Waals surface area (Å²) in [6, 6.07) is 10.5. The zero-order valence-corrected chi connectivity index (χ0v) is 11.5. The molecule has 0 aliphatic heterocycles. The van der Waals surface area contributed by atoms with Gasteiger partial charge in [0.05, 0.1) is 12.2 Å². The van der Waals surface area contributed by atoms with Crippen LogP contribution in [-0.2, 0) is 13.0 Å². The molecule has 2 aromatic rings. The zero-order valence-electron chi connectivity index (χ0n) is 11.5. The number of benzene rings is 1. The molecule has 2 N–H and O–H groups in total. The van der Waals surface area contributed by atoms with Crippen LogP contribution in [0.2, 0.25) is 0 Å². The van der Waals surface area contributed by atoms with E-state index in [1.165, 1.54) is 24.2 Å². The summed E-state index contributed by atoms with van der Waals surface area (Å²) in [6.07, 6.45) is 4.59. The Hall–Kier alpha value is -1.77. The van der Waals surface area contributed by atoms with Gasteiger partial charge in [-0.25, -0.2) is 4.98 Å².